The van der Waals surface area contributed by atoms with Gasteiger partial charge in [0, 0.05) is 31.7 Å². The highest BCUT2D eigenvalue weighted by molar-refractivity contribution is 6.31. The first kappa shape index (κ1) is 19.7. The van der Waals surface area contributed by atoms with E-state index < -0.39 is 0 Å². The number of carbonyl (C=O) groups is 1. The molecule has 2 rings (SSSR count). The second-order valence-corrected chi connectivity index (χ2v) is 6.00. The molecule has 0 saturated heterocycles. The second kappa shape index (κ2) is 10.4. The summed E-state index contributed by atoms with van der Waals surface area (Å²) in [6.07, 6.45) is 0.222. The molecule has 0 aliphatic carbocycles. The summed E-state index contributed by atoms with van der Waals surface area (Å²) in [5, 5.41) is 9.79. The Morgan fingerprint density at radius 2 is 1.73 bits per heavy atom. The van der Waals surface area contributed by atoms with E-state index >= 15 is 0 Å². The molecule has 0 aliphatic rings. The summed E-state index contributed by atoms with van der Waals surface area (Å²) in [4.78, 5) is 16.0. The number of carbonyl (C=O) groups excluding carboxylic acids is 1. The number of nitrogens with zero attached hydrogens (tertiary/aromatic N) is 1. The summed E-state index contributed by atoms with van der Waals surface area (Å²) in [5.74, 6) is 0.198. The monoisotopic (exact) mass is 376 g/mol. The third-order valence-electron chi connectivity index (χ3n) is 3.65. The molecule has 0 unspecified atom stereocenters. The molecule has 7 heteroatoms. The Labute approximate surface area is 157 Å². The lowest BCUT2D eigenvalue weighted by molar-refractivity contribution is -0.120. The summed E-state index contributed by atoms with van der Waals surface area (Å²) < 4.78 is 12.8. The molecule has 0 atom stereocenters. The van der Waals surface area contributed by atoms with Crippen molar-refractivity contribution >= 4 is 23.5 Å². The van der Waals surface area contributed by atoms with Crippen LogP contribution in [-0.4, -0.2) is 32.0 Å². The van der Waals surface area contributed by atoms with Crippen LogP contribution in [0.2, 0.25) is 5.02 Å². The van der Waals surface area contributed by atoms with Gasteiger partial charge in [-0.15, -0.1) is 0 Å². The molecule has 0 radical (unpaired) electrons. The molecule has 0 heterocycles. The fraction of sp³-hybridized carbons (Fsp3) is 0.263. The maximum absolute atomic E-state index is 12.8. The Kier molecular flexibility index (Phi) is 7.89. The van der Waals surface area contributed by atoms with Gasteiger partial charge in [0.05, 0.1) is 6.42 Å². The molecule has 3 N–H and O–H groups in total. The van der Waals surface area contributed by atoms with Crippen molar-refractivity contribution in [2.24, 2.45) is 4.99 Å². The van der Waals surface area contributed by atoms with Crippen LogP contribution in [0.1, 0.15) is 11.1 Å². The third kappa shape index (κ3) is 6.72. The maximum atomic E-state index is 12.8. The number of rotatable bonds is 7. The van der Waals surface area contributed by atoms with Gasteiger partial charge in [0.15, 0.2) is 5.96 Å². The number of benzene rings is 2. The molecule has 0 aromatic heterocycles. The van der Waals surface area contributed by atoms with Crippen molar-refractivity contribution in [1.82, 2.24) is 16.0 Å². The van der Waals surface area contributed by atoms with Crippen molar-refractivity contribution in [3.8, 4) is 0 Å². The summed E-state index contributed by atoms with van der Waals surface area (Å²) in [6, 6.07) is 13.5. The van der Waals surface area contributed by atoms with Crippen molar-refractivity contribution < 1.29 is 9.18 Å². The smallest absolute Gasteiger partial charge is 0.224 e. The van der Waals surface area contributed by atoms with Gasteiger partial charge in [-0.2, -0.15) is 0 Å². The Hall–Kier alpha value is -2.60. The SMILES string of the molecule is CN=C(NCCNC(=O)Cc1ccc(F)cc1)NCc1ccccc1Cl. The van der Waals surface area contributed by atoms with Crippen LogP contribution in [0.15, 0.2) is 53.5 Å². The van der Waals surface area contributed by atoms with Crippen LogP contribution in [-0.2, 0) is 17.8 Å². The summed E-state index contributed by atoms with van der Waals surface area (Å²) in [7, 11) is 1.68. The van der Waals surface area contributed by atoms with Crippen molar-refractivity contribution in [2.75, 3.05) is 20.1 Å². The van der Waals surface area contributed by atoms with Gasteiger partial charge in [-0.25, -0.2) is 4.39 Å². The minimum atomic E-state index is -0.311. The predicted molar refractivity (Wildman–Crippen MR) is 103 cm³/mol. The molecule has 0 bridgehead atoms. The van der Waals surface area contributed by atoms with Gasteiger partial charge >= 0.3 is 0 Å². The number of aliphatic imine (C=N–C) groups is 1. The minimum absolute atomic E-state index is 0.113. The topological polar surface area (TPSA) is 65.5 Å². The fourth-order valence-electron chi connectivity index (χ4n) is 2.27. The standard InChI is InChI=1S/C19H22ClFN4O/c1-22-19(25-13-15-4-2-3-5-17(15)20)24-11-10-23-18(26)12-14-6-8-16(21)9-7-14/h2-9H,10-13H2,1H3,(H,23,26)(H2,22,24,25). The second-order valence-electron chi connectivity index (χ2n) is 5.60. The van der Waals surface area contributed by atoms with E-state index in [1.807, 2.05) is 24.3 Å². The van der Waals surface area contributed by atoms with Gasteiger partial charge in [0.1, 0.15) is 5.82 Å². The van der Waals surface area contributed by atoms with Crippen molar-refractivity contribution in [3.63, 3.8) is 0 Å². The molecule has 2 aromatic carbocycles. The molecule has 0 spiro atoms. The summed E-state index contributed by atoms with van der Waals surface area (Å²) in [5.41, 5.74) is 1.75. The molecule has 1 amide bonds. The third-order valence-corrected chi connectivity index (χ3v) is 4.01. The molecule has 138 valence electrons. The van der Waals surface area contributed by atoms with Crippen molar-refractivity contribution in [3.05, 3.63) is 70.5 Å². The van der Waals surface area contributed by atoms with E-state index in [1.54, 1.807) is 19.2 Å². The van der Waals surface area contributed by atoms with Crippen LogP contribution in [0.4, 0.5) is 4.39 Å². The first-order chi connectivity index (χ1) is 12.6. The van der Waals surface area contributed by atoms with Gasteiger partial charge in [0.25, 0.3) is 0 Å². The molecule has 2 aromatic rings. The average Bonchev–Trinajstić information content (AvgIpc) is 2.64. The molecule has 0 fully saturated rings. The Morgan fingerprint density at radius 3 is 2.42 bits per heavy atom. The fourth-order valence-corrected chi connectivity index (χ4v) is 2.48. The Bertz CT molecular complexity index is 749. The van der Waals surface area contributed by atoms with E-state index in [0.717, 1.165) is 11.1 Å². The summed E-state index contributed by atoms with van der Waals surface area (Å²) >= 11 is 6.12. The van der Waals surface area contributed by atoms with Crippen LogP contribution in [0.25, 0.3) is 0 Å². The molecular formula is C19H22ClFN4O. The first-order valence-electron chi connectivity index (χ1n) is 8.27. The molecule has 0 saturated carbocycles. The van der Waals surface area contributed by atoms with Gasteiger partial charge in [-0.3, -0.25) is 9.79 Å². The average molecular weight is 377 g/mol. The lowest BCUT2D eigenvalue weighted by atomic mass is 10.1. The Morgan fingerprint density at radius 1 is 1.04 bits per heavy atom. The van der Waals surface area contributed by atoms with Crippen molar-refractivity contribution in [1.29, 1.82) is 0 Å². The van der Waals surface area contributed by atoms with Crippen LogP contribution >= 0.6 is 11.6 Å². The molecule has 0 aliphatic heterocycles. The largest absolute Gasteiger partial charge is 0.355 e. The van der Waals surface area contributed by atoms with Gasteiger partial charge < -0.3 is 16.0 Å². The van der Waals surface area contributed by atoms with E-state index in [4.69, 9.17) is 11.6 Å². The quantitative estimate of drug-likeness (QED) is 0.395. The van der Waals surface area contributed by atoms with E-state index in [2.05, 4.69) is 20.9 Å². The van der Waals surface area contributed by atoms with E-state index in [9.17, 15) is 9.18 Å². The van der Waals surface area contributed by atoms with Crippen LogP contribution in [0.3, 0.4) is 0 Å². The minimum Gasteiger partial charge on any atom is -0.355 e. The number of halogens is 2. The van der Waals surface area contributed by atoms with Gasteiger partial charge in [-0.05, 0) is 29.3 Å². The number of hydrogen-bond donors (Lipinski definition) is 3. The predicted octanol–water partition coefficient (Wildman–Crippen LogP) is 2.50. The highest BCUT2D eigenvalue weighted by Gasteiger charge is 2.04. The number of amides is 1. The lowest BCUT2D eigenvalue weighted by Gasteiger charge is -2.13. The van der Waals surface area contributed by atoms with Crippen LogP contribution < -0.4 is 16.0 Å². The zero-order chi connectivity index (χ0) is 18.8. The molecule has 26 heavy (non-hydrogen) atoms. The number of guanidine groups is 1. The van der Waals surface area contributed by atoms with Crippen LogP contribution in [0.5, 0.6) is 0 Å². The van der Waals surface area contributed by atoms with Gasteiger partial charge in [0.2, 0.25) is 5.91 Å². The first-order valence-corrected chi connectivity index (χ1v) is 8.65. The molecular weight excluding hydrogens is 355 g/mol. The zero-order valence-electron chi connectivity index (χ0n) is 14.6. The van der Waals surface area contributed by atoms with E-state index in [0.29, 0.717) is 30.6 Å². The van der Waals surface area contributed by atoms with Crippen LogP contribution in [0, 0.1) is 5.82 Å². The highest BCUT2D eigenvalue weighted by Crippen LogP contribution is 2.14. The normalized spacial score (nSPS) is 11.1. The van der Waals surface area contributed by atoms with E-state index in [-0.39, 0.29) is 18.1 Å². The Balaban J connectivity index is 1.66. The number of nitrogens with one attached hydrogen (secondary N) is 3. The summed E-state index contributed by atoms with van der Waals surface area (Å²) in [6.45, 7) is 1.53. The molecule has 5 nitrogen and oxygen atoms in total. The van der Waals surface area contributed by atoms with Crippen molar-refractivity contribution in [2.45, 2.75) is 13.0 Å². The zero-order valence-corrected chi connectivity index (χ0v) is 15.3. The maximum Gasteiger partial charge on any atom is 0.224 e. The number of hydrogen-bond acceptors (Lipinski definition) is 2. The highest BCUT2D eigenvalue weighted by atomic mass is 35.5. The van der Waals surface area contributed by atoms with E-state index in [1.165, 1.54) is 12.1 Å². The lowest BCUT2D eigenvalue weighted by Crippen LogP contribution is -2.41. The van der Waals surface area contributed by atoms with Gasteiger partial charge in [-0.1, -0.05) is 41.9 Å².